The molecule has 0 bridgehead atoms. The maximum absolute atomic E-state index is 3.84. The van der Waals surface area contributed by atoms with Crippen LogP contribution < -0.4 is 0 Å². The van der Waals surface area contributed by atoms with Gasteiger partial charge in [-0.2, -0.15) is 0 Å². The van der Waals surface area contributed by atoms with Crippen LogP contribution in [-0.2, 0) is 19.3 Å². The number of benzene rings is 1. The molecule has 92 valence electrons. The zero-order valence-electron chi connectivity index (χ0n) is 10.9. The van der Waals surface area contributed by atoms with Crippen LogP contribution in [-0.4, -0.2) is 0 Å². The summed E-state index contributed by atoms with van der Waals surface area (Å²) in [6.07, 6.45) is 12.2. The first kappa shape index (κ1) is 12.6. The molecule has 0 radical (unpaired) electrons. The van der Waals surface area contributed by atoms with E-state index in [0.29, 0.717) is 0 Å². The highest BCUT2D eigenvalue weighted by Gasteiger charge is 2.14. The second-order valence-corrected chi connectivity index (χ2v) is 4.78. The van der Waals surface area contributed by atoms with Gasteiger partial charge in [0.1, 0.15) is 0 Å². The molecule has 0 amide bonds. The molecule has 0 aromatic heterocycles. The van der Waals surface area contributed by atoms with Crippen LogP contribution >= 0.6 is 0 Å². The van der Waals surface area contributed by atoms with Crippen LogP contribution in [0.2, 0.25) is 0 Å². The van der Waals surface area contributed by atoms with E-state index in [1.807, 2.05) is 18.2 Å². The highest BCUT2D eigenvalue weighted by molar-refractivity contribution is 5.66. The van der Waals surface area contributed by atoms with Crippen LogP contribution in [0.4, 0.5) is 0 Å². The predicted octanol–water partition coefficient (Wildman–Crippen LogP) is 4.66. The lowest BCUT2D eigenvalue weighted by molar-refractivity contribution is 1.08. The molecule has 0 heteroatoms. The van der Waals surface area contributed by atoms with Crippen molar-refractivity contribution in [2.24, 2.45) is 0 Å². The van der Waals surface area contributed by atoms with Crippen LogP contribution in [0.25, 0.3) is 6.08 Å². The SMILES string of the molecule is C=CCC1=Cc2cc(CC=C)c(CC=C)cc2C1. The maximum atomic E-state index is 3.84. The molecular weight excluding hydrogens is 216 g/mol. The molecule has 0 saturated carbocycles. The van der Waals surface area contributed by atoms with Crippen molar-refractivity contribution in [3.63, 3.8) is 0 Å². The lowest BCUT2D eigenvalue weighted by Gasteiger charge is -2.09. The van der Waals surface area contributed by atoms with Crippen molar-refractivity contribution in [3.8, 4) is 0 Å². The largest absolute Gasteiger partial charge is 0.103 e. The van der Waals surface area contributed by atoms with Gasteiger partial charge in [0.05, 0.1) is 0 Å². The van der Waals surface area contributed by atoms with Gasteiger partial charge in [0.25, 0.3) is 0 Å². The molecule has 0 N–H and O–H groups in total. The number of fused-ring (bicyclic) bond motifs is 1. The summed E-state index contributed by atoms with van der Waals surface area (Å²) in [6.45, 7) is 11.5. The van der Waals surface area contributed by atoms with Gasteiger partial charge in [-0.3, -0.25) is 0 Å². The number of rotatable bonds is 6. The fourth-order valence-corrected chi connectivity index (χ4v) is 2.57. The average Bonchev–Trinajstić information content (AvgIpc) is 2.72. The fourth-order valence-electron chi connectivity index (χ4n) is 2.57. The minimum Gasteiger partial charge on any atom is -0.103 e. The molecule has 18 heavy (non-hydrogen) atoms. The van der Waals surface area contributed by atoms with Crippen LogP contribution in [0.1, 0.15) is 28.7 Å². The first-order valence-electron chi connectivity index (χ1n) is 6.45. The number of allylic oxidation sites excluding steroid dienone is 4. The molecule has 0 atom stereocenters. The summed E-state index contributed by atoms with van der Waals surface area (Å²) in [4.78, 5) is 0. The average molecular weight is 236 g/mol. The van der Waals surface area contributed by atoms with Crippen molar-refractivity contribution in [1.29, 1.82) is 0 Å². The van der Waals surface area contributed by atoms with Crippen molar-refractivity contribution < 1.29 is 0 Å². The summed E-state index contributed by atoms with van der Waals surface area (Å²) in [5, 5.41) is 0. The molecule has 1 aromatic carbocycles. The Labute approximate surface area is 110 Å². The number of hydrogen-bond donors (Lipinski definition) is 0. The summed E-state index contributed by atoms with van der Waals surface area (Å²) >= 11 is 0. The Morgan fingerprint density at radius 1 is 0.889 bits per heavy atom. The molecule has 0 fully saturated rings. The van der Waals surface area contributed by atoms with E-state index in [2.05, 4.69) is 37.9 Å². The van der Waals surface area contributed by atoms with E-state index in [1.54, 1.807) is 0 Å². The molecule has 1 aliphatic carbocycles. The summed E-state index contributed by atoms with van der Waals surface area (Å²) in [5.41, 5.74) is 7.03. The summed E-state index contributed by atoms with van der Waals surface area (Å²) in [7, 11) is 0. The Balaban J connectivity index is 2.36. The highest BCUT2D eigenvalue weighted by atomic mass is 14.2. The van der Waals surface area contributed by atoms with E-state index < -0.39 is 0 Å². The predicted molar refractivity (Wildman–Crippen MR) is 80.7 cm³/mol. The summed E-state index contributed by atoms with van der Waals surface area (Å²) in [6, 6.07) is 4.65. The van der Waals surface area contributed by atoms with Gasteiger partial charge in [-0.1, -0.05) is 42.0 Å². The van der Waals surface area contributed by atoms with Gasteiger partial charge in [-0.25, -0.2) is 0 Å². The van der Waals surface area contributed by atoms with E-state index in [9.17, 15) is 0 Å². The topological polar surface area (TPSA) is 0 Å². The molecule has 0 aliphatic heterocycles. The molecule has 0 spiro atoms. The third kappa shape index (κ3) is 2.53. The van der Waals surface area contributed by atoms with Gasteiger partial charge in [0.2, 0.25) is 0 Å². The van der Waals surface area contributed by atoms with Crippen LogP contribution in [0, 0.1) is 0 Å². The molecule has 2 rings (SSSR count). The second-order valence-electron chi connectivity index (χ2n) is 4.78. The normalized spacial score (nSPS) is 12.8. The van der Waals surface area contributed by atoms with Gasteiger partial charge in [0.15, 0.2) is 0 Å². The van der Waals surface area contributed by atoms with E-state index in [4.69, 9.17) is 0 Å². The van der Waals surface area contributed by atoms with Gasteiger partial charge in [-0.15, -0.1) is 19.7 Å². The molecule has 0 heterocycles. The van der Waals surface area contributed by atoms with E-state index >= 15 is 0 Å². The van der Waals surface area contributed by atoms with Gasteiger partial charge in [-0.05, 0) is 47.9 Å². The van der Waals surface area contributed by atoms with Crippen LogP contribution in [0.15, 0.2) is 55.7 Å². The third-order valence-corrected chi connectivity index (χ3v) is 3.37. The highest BCUT2D eigenvalue weighted by Crippen LogP contribution is 2.30. The Morgan fingerprint density at radius 2 is 1.50 bits per heavy atom. The summed E-state index contributed by atoms with van der Waals surface area (Å²) < 4.78 is 0. The van der Waals surface area contributed by atoms with E-state index in [-0.39, 0.29) is 0 Å². The maximum Gasteiger partial charge on any atom is -0.00546 e. The van der Waals surface area contributed by atoms with E-state index in [0.717, 1.165) is 25.7 Å². The Morgan fingerprint density at radius 3 is 2.11 bits per heavy atom. The monoisotopic (exact) mass is 236 g/mol. The van der Waals surface area contributed by atoms with Crippen molar-refractivity contribution >= 4 is 6.08 Å². The van der Waals surface area contributed by atoms with Gasteiger partial charge >= 0.3 is 0 Å². The van der Waals surface area contributed by atoms with Crippen molar-refractivity contribution in [1.82, 2.24) is 0 Å². The molecule has 0 unspecified atom stereocenters. The lowest BCUT2D eigenvalue weighted by Crippen LogP contribution is -1.96. The zero-order valence-corrected chi connectivity index (χ0v) is 10.9. The fraction of sp³-hybridized carbons (Fsp3) is 0.222. The quantitative estimate of drug-likeness (QED) is 0.630. The van der Waals surface area contributed by atoms with Crippen molar-refractivity contribution in [2.75, 3.05) is 0 Å². The second kappa shape index (κ2) is 5.68. The lowest BCUT2D eigenvalue weighted by atomic mass is 9.95. The number of hydrogen-bond acceptors (Lipinski definition) is 0. The molecule has 1 aromatic rings. The Kier molecular flexibility index (Phi) is 3.99. The smallest absolute Gasteiger partial charge is 0.00546 e. The molecule has 0 saturated heterocycles. The van der Waals surface area contributed by atoms with Crippen LogP contribution in [0.3, 0.4) is 0 Å². The standard InChI is InChI=1S/C18H20/c1-4-7-14-10-17-12-15(8-5-2)16(9-6-3)13-18(17)11-14/h4-6,10,12-13H,1-3,7-9,11H2. The third-order valence-electron chi connectivity index (χ3n) is 3.37. The Bertz CT molecular complexity index is 515. The van der Waals surface area contributed by atoms with E-state index in [1.165, 1.54) is 27.8 Å². The Hall–Kier alpha value is -1.82. The first-order chi connectivity index (χ1) is 8.78. The summed E-state index contributed by atoms with van der Waals surface area (Å²) in [5.74, 6) is 0. The van der Waals surface area contributed by atoms with Crippen LogP contribution in [0.5, 0.6) is 0 Å². The minimum atomic E-state index is 0.932. The molecular formula is C18H20. The van der Waals surface area contributed by atoms with Crippen molar-refractivity contribution in [2.45, 2.75) is 25.7 Å². The van der Waals surface area contributed by atoms with Gasteiger partial charge < -0.3 is 0 Å². The van der Waals surface area contributed by atoms with Gasteiger partial charge in [0, 0.05) is 0 Å². The zero-order chi connectivity index (χ0) is 13.0. The minimum absolute atomic E-state index is 0.932. The molecule has 1 aliphatic rings. The molecule has 0 nitrogen and oxygen atoms in total. The van der Waals surface area contributed by atoms with Crippen molar-refractivity contribution in [3.05, 3.63) is 77.9 Å². The first-order valence-corrected chi connectivity index (χ1v) is 6.45.